The van der Waals surface area contributed by atoms with Gasteiger partial charge in [-0.1, -0.05) is 28.9 Å². The predicted molar refractivity (Wildman–Crippen MR) is 103 cm³/mol. The summed E-state index contributed by atoms with van der Waals surface area (Å²) in [6, 6.07) is 6.63. The fourth-order valence-corrected chi connectivity index (χ4v) is 3.75. The average molecular weight is 454 g/mol. The molecule has 31 heavy (non-hydrogen) atoms. The number of amides is 1. The molecule has 0 bridgehead atoms. The van der Waals surface area contributed by atoms with E-state index in [1.54, 1.807) is 16.8 Å². The maximum absolute atomic E-state index is 13.1. The zero-order valence-corrected chi connectivity index (χ0v) is 16.8. The molecule has 2 aromatic heterocycles. The highest BCUT2D eigenvalue weighted by Crippen LogP contribution is 2.36. The van der Waals surface area contributed by atoms with Crippen LogP contribution in [0.5, 0.6) is 0 Å². The van der Waals surface area contributed by atoms with Crippen molar-refractivity contribution in [1.29, 1.82) is 0 Å². The summed E-state index contributed by atoms with van der Waals surface area (Å²) in [5.41, 5.74) is 1.28. The summed E-state index contributed by atoms with van der Waals surface area (Å²) in [4.78, 5) is 18.4. The van der Waals surface area contributed by atoms with E-state index >= 15 is 0 Å². The first-order chi connectivity index (χ1) is 14.8. The van der Waals surface area contributed by atoms with Crippen LogP contribution >= 0.6 is 11.6 Å². The lowest BCUT2D eigenvalue weighted by atomic mass is 10.1. The zero-order valence-electron chi connectivity index (χ0n) is 16.0. The molecule has 0 radical (unpaired) electrons. The number of carbonyl (C=O) groups is 1. The van der Waals surface area contributed by atoms with Crippen LogP contribution in [0.4, 0.5) is 17.6 Å². The predicted octanol–water partition coefficient (Wildman–Crippen LogP) is 4.06. The molecule has 0 fully saturated rings. The van der Waals surface area contributed by atoms with Gasteiger partial charge in [0.15, 0.2) is 0 Å². The van der Waals surface area contributed by atoms with Crippen molar-refractivity contribution in [3.8, 4) is 0 Å². The summed E-state index contributed by atoms with van der Waals surface area (Å²) < 4.78 is 53.6. The number of carbonyl (C=O) groups excluding carboxylic acids is 1. The summed E-state index contributed by atoms with van der Waals surface area (Å²) in [5.74, 6) is -0.597. The van der Waals surface area contributed by atoms with Gasteiger partial charge in [0.05, 0.1) is 40.6 Å². The van der Waals surface area contributed by atoms with Crippen molar-refractivity contribution in [2.24, 2.45) is 0 Å². The number of nitrogens with zero attached hydrogens (tertiary/aromatic N) is 5. The molecule has 0 saturated heterocycles. The minimum Gasteiger partial charge on any atom is -0.332 e. The van der Waals surface area contributed by atoms with E-state index < -0.39 is 29.3 Å². The molecule has 0 atom stereocenters. The molecule has 1 aliphatic heterocycles. The second kappa shape index (κ2) is 8.26. The van der Waals surface area contributed by atoms with Gasteiger partial charge in [-0.3, -0.25) is 9.78 Å². The zero-order chi connectivity index (χ0) is 22.2. The van der Waals surface area contributed by atoms with Crippen LogP contribution in [0.3, 0.4) is 0 Å². The quantitative estimate of drug-likeness (QED) is 0.559. The van der Waals surface area contributed by atoms with E-state index in [4.69, 9.17) is 11.6 Å². The number of alkyl halides is 4. The third-order valence-electron chi connectivity index (χ3n) is 5.05. The number of hydrogen-bond acceptors (Lipinski definition) is 4. The lowest BCUT2D eigenvalue weighted by Gasteiger charge is -2.27. The molecule has 0 unspecified atom stereocenters. The molecule has 0 aliphatic carbocycles. The highest BCUT2D eigenvalue weighted by atomic mass is 35.5. The molecular formula is C20H16ClF4N5O. The molecule has 4 rings (SSSR count). The number of aromatic nitrogens is 4. The molecule has 0 saturated carbocycles. The van der Waals surface area contributed by atoms with Crippen molar-refractivity contribution in [3.63, 3.8) is 0 Å². The van der Waals surface area contributed by atoms with Gasteiger partial charge in [-0.2, -0.15) is 13.2 Å². The Morgan fingerprint density at radius 1 is 1.19 bits per heavy atom. The van der Waals surface area contributed by atoms with Gasteiger partial charge in [-0.15, -0.1) is 5.10 Å². The van der Waals surface area contributed by atoms with E-state index in [2.05, 4.69) is 15.3 Å². The van der Waals surface area contributed by atoms with Gasteiger partial charge in [-0.25, -0.2) is 9.07 Å². The molecule has 3 aromatic rings. The molecule has 1 amide bonds. The number of benzene rings is 1. The number of pyridine rings is 1. The van der Waals surface area contributed by atoms with Gasteiger partial charge in [0.25, 0.3) is 5.91 Å². The molecule has 3 heterocycles. The van der Waals surface area contributed by atoms with Crippen molar-refractivity contribution >= 4 is 17.5 Å². The van der Waals surface area contributed by atoms with Gasteiger partial charge < -0.3 is 4.90 Å². The Morgan fingerprint density at radius 2 is 2.00 bits per heavy atom. The first kappa shape index (κ1) is 21.2. The lowest BCUT2D eigenvalue weighted by molar-refractivity contribution is -0.137. The SMILES string of the molecule is O=C(c1cccc(C(F)(F)F)c1Cl)N1CCc2c(nnn2Cc2ccc(CF)cn2)C1. The molecule has 11 heteroatoms. The third-order valence-corrected chi connectivity index (χ3v) is 5.46. The summed E-state index contributed by atoms with van der Waals surface area (Å²) in [7, 11) is 0. The Labute approximate surface area is 179 Å². The Morgan fingerprint density at radius 3 is 2.68 bits per heavy atom. The van der Waals surface area contributed by atoms with E-state index in [9.17, 15) is 22.4 Å². The molecule has 6 nitrogen and oxygen atoms in total. The molecule has 1 aliphatic rings. The molecule has 0 spiro atoms. The standard InChI is InChI=1S/C20H16ClF4N5O/c21-18-14(2-1-3-15(18)20(23,24)25)19(31)29-7-6-17-16(11-29)27-28-30(17)10-13-5-4-12(8-22)9-26-13/h1-5,9H,6-8,10-11H2. The minimum atomic E-state index is -4.65. The van der Waals surface area contributed by atoms with E-state index in [0.29, 0.717) is 29.9 Å². The van der Waals surface area contributed by atoms with Gasteiger partial charge in [0.2, 0.25) is 0 Å². The van der Waals surface area contributed by atoms with Crippen LogP contribution in [-0.2, 0) is 32.4 Å². The van der Waals surface area contributed by atoms with E-state index in [0.717, 1.165) is 17.8 Å². The third kappa shape index (κ3) is 4.25. The number of rotatable bonds is 4. The van der Waals surface area contributed by atoms with Crippen molar-refractivity contribution in [3.05, 3.63) is 75.3 Å². The van der Waals surface area contributed by atoms with E-state index in [-0.39, 0.29) is 18.7 Å². The Balaban J connectivity index is 1.52. The van der Waals surface area contributed by atoms with Crippen LogP contribution in [0, 0.1) is 0 Å². The van der Waals surface area contributed by atoms with Crippen LogP contribution in [0.15, 0.2) is 36.5 Å². The van der Waals surface area contributed by atoms with Crippen LogP contribution in [0.25, 0.3) is 0 Å². The highest BCUT2D eigenvalue weighted by Gasteiger charge is 2.36. The van der Waals surface area contributed by atoms with Gasteiger partial charge in [-0.05, 0) is 18.2 Å². The molecule has 1 aromatic carbocycles. The maximum atomic E-state index is 13.1. The monoisotopic (exact) mass is 453 g/mol. The number of fused-ring (bicyclic) bond motifs is 1. The van der Waals surface area contributed by atoms with Crippen LogP contribution in [0.1, 0.15) is 38.6 Å². The Hall–Kier alpha value is -3.01. The maximum Gasteiger partial charge on any atom is 0.417 e. The first-order valence-corrected chi connectivity index (χ1v) is 9.71. The van der Waals surface area contributed by atoms with E-state index in [1.807, 2.05) is 0 Å². The fraction of sp³-hybridized carbons (Fsp3) is 0.300. The normalized spacial score (nSPS) is 13.9. The van der Waals surface area contributed by atoms with Crippen molar-refractivity contribution in [2.45, 2.75) is 32.4 Å². The van der Waals surface area contributed by atoms with Crippen LogP contribution in [0.2, 0.25) is 5.02 Å². The average Bonchev–Trinajstić information content (AvgIpc) is 3.15. The number of hydrogen-bond donors (Lipinski definition) is 0. The molecular weight excluding hydrogens is 438 g/mol. The first-order valence-electron chi connectivity index (χ1n) is 9.34. The Kier molecular flexibility index (Phi) is 5.65. The van der Waals surface area contributed by atoms with E-state index in [1.165, 1.54) is 17.2 Å². The van der Waals surface area contributed by atoms with Crippen molar-refractivity contribution in [1.82, 2.24) is 24.9 Å². The second-order valence-electron chi connectivity index (χ2n) is 7.07. The summed E-state index contributed by atoms with van der Waals surface area (Å²) in [6.45, 7) is 0.128. The smallest absolute Gasteiger partial charge is 0.332 e. The minimum absolute atomic E-state index is 0.106. The highest BCUT2D eigenvalue weighted by molar-refractivity contribution is 6.34. The second-order valence-corrected chi connectivity index (χ2v) is 7.45. The van der Waals surface area contributed by atoms with Crippen molar-refractivity contribution < 1.29 is 22.4 Å². The lowest BCUT2D eigenvalue weighted by Crippen LogP contribution is -2.37. The summed E-state index contributed by atoms with van der Waals surface area (Å²) in [6.07, 6.45) is -2.77. The van der Waals surface area contributed by atoms with Crippen LogP contribution < -0.4 is 0 Å². The van der Waals surface area contributed by atoms with Crippen LogP contribution in [-0.4, -0.2) is 37.3 Å². The topological polar surface area (TPSA) is 63.9 Å². The Bertz CT molecular complexity index is 1110. The largest absolute Gasteiger partial charge is 0.417 e. The van der Waals surface area contributed by atoms with Gasteiger partial charge in [0, 0.05) is 24.7 Å². The fourth-order valence-electron chi connectivity index (χ4n) is 3.43. The van der Waals surface area contributed by atoms with Gasteiger partial charge >= 0.3 is 6.18 Å². The summed E-state index contributed by atoms with van der Waals surface area (Å²) in [5, 5.41) is 7.60. The van der Waals surface area contributed by atoms with Crippen molar-refractivity contribution in [2.75, 3.05) is 6.54 Å². The number of halogens is 5. The van der Waals surface area contributed by atoms with Gasteiger partial charge in [0.1, 0.15) is 12.4 Å². The summed E-state index contributed by atoms with van der Waals surface area (Å²) >= 11 is 5.89. The molecule has 0 N–H and O–H groups in total. The molecule has 162 valence electrons.